The van der Waals surface area contributed by atoms with Crippen molar-refractivity contribution in [1.29, 1.82) is 0 Å². The maximum atomic E-state index is 5.71. The summed E-state index contributed by atoms with van der Waals surface area (Å²) in [7, 11) is 0. The predicted molar refractivity (Wildman–Crippen MR) is 81.7 cm³/mol. The predicted octanol–water partition coefficient (Wildman–Crippen LogP) is 2.98. The lowest BCUT2D eigenvalue weighted by atomic mass is 10.3. The van der Waals surface area contributed by atoms with Crippen LogP contribution in [-0.4, -0.2) is 22.2 Å². The van der Waals surface area contributed by atoms with Gasteiger partial charge in [0.05, 0.1) is 18.6 Å². The van der Waals surface area contributed by atoms with Gasteiger partial charge in [-0.25, -0.2) is 4.98 Å². The Kier molecular flexibility index (Phi) is 4.38. The van der Waals surface area contributed by atoms with Crippen LogP contribution in [0.15, 0.2) is 41.3 Å². The van der Waals surface area contributed by atoms with E-state index in [0.717, 1.165) is 35.0 Å². The van der Waals surface area contributed by atoms with Crippen LogP contribution in [0.25, 0.3) is 0 Å². The zero-order chi connectivity index (χ0) is 13.8. The maximum absolute atomic E-state index is 5.71. The van der Waals surface area contributed by atoms with E-state index in [9.17, 15) is 0 Å². The summed E-state index contributed by atoms with van der Waals surface area (Å²) >= 11 is 3.43. The summed E-state index contributed by atoms with van der Waals surface area (Å²) in [5.41, 5.74) is 1.10. The molecule has 1 aromatic carbocycles. The van der Waals surface area contributed by atoms with Crippen LogP contribution >= 0.6 is 15.9 Å². The molecule has 0 amide bonds. The topological polar surface area (TPSA) is 39.1 Å². The van der Waals surface area contributed by atoms with E-state index in [-0.39, 0.29) is 0 Å². The fourth-order valence-corrected chi connectivity index (χ4v) is 2.36. The summed E-state index contributed by atoms with van der Waals surface area (Å²) in [6, 6.07) is 8.61. The monoisotopic (exact) mass is 335 g/mol. The summed E-state index contributed by atoms with van der Waals surface area (Å²) in [6.07, 6.45) is 6.57. The Labute approximate surface area is 127 Å². The number of hydrogen-bond donors (Lipinski definition) is 1. The Balaban J connectivity index is 1.43. The first-order valence-electron chi connectivity index (χ1n) is 6.92. The molecule has 0 atom stereocenters. The molecule has 1 aliphatic rings. The Morgan fingerprint density at radius 3 is 3.10 bits per heavy atom. The molecular formula is C15H18BrN3O. The third-order valence-corrected chi connectivity index (χ3v) is 3.74. The van der Waals surface area contributed by atoms with Gasteiger partial charge in [-0.3, -0.25) is 0 Å². The first kappa shape index (κ1) is 13.6. The Bertz CT molecular complexity index is 566. The smallest absolute Gasteiger partial charge is 0.120 e. The first-order valence-corrected chi connectivity index (χ1v) is 7.71. The second-order valence-electron chi connectivity index (χ2n) is 5.06. The van der Waals surface area contributed by atoms with E-state index < -0.39 is 0 Å². The lowest BCUT2D eigenvalue weighted by molar-refractivity contribution is 0.298. The van der Waals surface area contributed by atoms with Crippen LogP contribution in [0.4, 0.5) is 0 Å². The van der Waals surface area contributed by atoms with Crippen molar-refractivity contribution < 1.29 is 4.74 Å². The molecule has 1 aromatic heterocycles. The van der Waals surface area contributed by atoms with Crippen molar-refractivity contribution in [2.24, 2.45) is 0 Å². The molecule has 20 heavy (non-hydrogen) atoms. The third kappa shape index (κ3) is 4.08. The van der Waals surface area contributed by atoms with Crippen molar-refractivity contribution in [3.63, 3.8) is 0 Å². The Morgan fingerprint density at radius 1 is 1.40 bits per heavy atom. The molecule has 5 heteroatoms. The number of ether oxygens (including phenoxy) is 1. The van der Waals surface area contributed by atoms with E-state index in [4.69, 9.17) is 4.74 Å². The molecule has 1 saturated carbocycles. The number of halogens is 1. The van der Waals surface area contributed by atoms with Crippen molar-refractivity contribution in [2.45, 2.75) is 32.0 Å². The van der Waals surface area contributed by atoms with Crippen LogP contribution in [0, 0.1) is 0 Å². The minimum Gasteiger partial charge on any atom is -0.492 e. The van der Waals surface area contributed by atoms with Crippen molar-refractivity contribution in [3.8, 4) is 5.75 Å². The van der Waals surface area contributed by atoms with Crippen molar-refractivity contribution >= 4 is 15.9 Å². The first-order chi connectivity index (χ1) is 9.79. The molecule has 0 spiro atoms. The quantitative estimate of drug-likeness (QED) is 0.845. The third-order valence-electron chi connectivity index (χ3n) is 3.25. The van der Waals surface area contributed by atoms with E-state index >= 15 is 0 Å². The molecule has 0 saturated heterocycles. The van der Waals surface area contributed by atoms with Crippen LogP contribution < -0.4 is 10.1 Å². The number of rotatable bonds is 7. The molecule has 0 radical (unpaired) electrons. The lowest BCUT2D eigenvalue weighted by Crippen LogP contribution is -2.15. The summed E-state index contributed by atoms with van der Waals surface area (Å²) < 4.78 is 8.82. The van der Waals surface area contributed by atoms with Gasteiger partial charge in [-0.1, -0.05) is 22.0 Å². The standard InChI is InChI=1S/C15H18BrN3O/c16-12-2-1-3-15(8-12)20-7-6-19-10-14(18-11-19)9-17-13-4-5-13/h1-3,8,10-11,13,17H,4-7,9H2. The highest BCUT2D eigenvalue weighted by atomic mass is 79.9. The van der Waals surface area contributed by atoms with E-state index in [0.29, 0.717) is 6.61 Å². The Hall–Kier alpha value is -1.33. The highest BCUT2D eigenvalue weighted by Gasteiger charge is 2.20. The molecule has 1 N–H and O–H groups in total. The molecule has 2 aromatic rings. The minimum absolute atomic E-state index is 0.641. The van der Waals surface area contributed by atoms with Crippen LogP contribution in [0.1, 0.15) is 18.5 Å². The zero-order valence-corrected chi connectivity index (χ0v) is 12.8. The molecule has 4 nitrogen and oxygen atoms in total. The van der Waals surface area contributed by atoms with Crippen LogP contribution in [0.3, 0.4) is 0 Å². The number of hydrogen-bond acceptors (Lipinski definition) is 3. The molecular weight excluding hydrogens is 318 g/mol. The van der Waals surface area contributed by atoms with Crippen molar-refractivity contribution in [3.05, 3.63) is 47.0 Å². The molecule has 3 rings (SSSR count). The van der Waals surface area contributed by atoms with Gasteiger partial charge in [0, 0.05) is 23.3 Å². The largest absolute Gasteiger partial charge is 0.492 e. The molecule has 1 heterocycles. The van der Waals surface area contributed by atoms with Crippen LogP contribution in [0.2, 0.25) is 0 Å². The van der Waals surface area contributed by atoms with Gasteiger partial charge < -0.3 is 14.6 Å². The minimum atomic E-state index is 0.641. The Morgan fingerprint density at radius 2 is 2.30 bits per heavy atom. The van der Waals surface area contributed by atoms with Gasteiger partial charge in [-0.2, -0.15) is 0 Å². The number of benzene rings is 1. The summed E-state index contributed by atoms with van der Waals surface area (Å²) in [5.74, 6) is 0.884. The molecule has 0 bridgehead atoms. The van der Waals surface area contributed by atoms with Crippen molar-refractivity contribution in [2.75, 3.05) is 6.61 Å². The molecule has 1 aliphatic carbocycles. The summed E-state index contributed by atoms with van der Waals surface area (Å²) in [5, 5.41) is 3.46. The fourth-order valence-electron chi connectivity index (χ4n) is 1.98. The maximum Gasteiger partial charge on any atom is 0.120 e. The van der Waals surface area contributed by atoms with E-state index in [1.165, 1.54) is 12.8 Å². The van der Waals surface area contributed by atoms with Crippen LogP contribution in [-0.2, 0) is 13.1 Å². The van der Waals surface area contributed by atoms with E-state index in [1.807, 2.05) is 30.6 Å². The van der Waals surface area contributed by atoms with Gasteiger partial charge >= 0.3 is 0 Å². The highest BCUT2D eigenvalue weighted by Crippen LogP contribution is 2.19. The van der Waals surface area contributed by atoms with Gasteiger partial charge in [0.25, 0.3) is 0 Å². The molecule has 0 unspecified atom stereocenters. The highest BCUT2D eigenvalue weighted by molar-refractivity contribution is 9.10. The normalized spacial score (nSPS) is 14.4. The van der Waals surface area contributed by atoms with E-state index in [1.54, 1.807) is 0 Å². The van der Waals surface area contributed by atoms with Gasteiger partial charge in [0.15, 0.2) is 0 Å². The summed E-state index contributed by atoms with van der Waals surface area (Å²) in [6.45, 7) is 2.31. The molecule has 106 valence electrons. The number of aromatic nitrogens is 2. The zero-order valence-electron chi connectivity index (χ0n) is 11.3. The van der Waals surface area contributed by atoms with Gasteiger partial charge in [-0.15, -0.1) is 0 Å². The number of nitrogens with zero attached hydrogens (tertiary/aromatic N) is 2. The second kappa shape index (κ2) is 6.41. The summed E-state index contributed by atoms with van der Waals surface area (Å²) in [4.78, 5) is 4.39. The molecule has 0 aliphatic heterocycles. The SMILES string of the molecule is Brc1cccc(OCCn2cnc(CNC3CC3)c2)c1. The van der Waals surface area contributed by atoms with Gasteiger partial charge in [0.2, 0.25) is 0 Å². The lowest BCUT2D eigenvalue weighted by Gasteiger charge is -2.06. The van der Waals surface area contributed by atoms with Crippen molar-refractivity contribution in [1.82, 2.24) is 14.9 Å². The van der Waals surface area contributed by atoms with Gasteiger partial charge in [-0.05, 0) is 31.0 Å². The average Bonchev–Trinajstić information content (AvgIpc) is 3.16. The number of imidazole rings is 1. The average molecular weight is 336 g/mol. The van der Waals surface area contributed by atoms with Crippen LogP contribution in [0.5, 0.6) is 5.75 Å². The van der Waals surface area contributed by atoms with E-state index in [2.05, 4.69) is 37.0 Å². The number of nitrogens with one attached hydrogen (secondary N) is 1. The molecule has 1 fully saturated rings. The fraction of sp³-hybridized carbons (Fsp3) is 0.400. The van der Waals surface area contributed by atoms with Gasteiger partial charge in [0.1, 0.15) is 12.4 Å². The second-order valence-corrected chi connectivity index (χ2v) is 5.98.